The maximum Gasteiger partial charge on any atom is 0.0746 e. The zero-order valence-electron chi connectivity index (χ0n) is 10.1. The maximum atomic E-state index is 4.71. The highest BCUT2D eigenvalue weighted by molar-refractivity contribution is 7.08. The Bertz CT molecular complexity index is 866. The van der Waals surface area contributed by atoms with Crippen LogP contribution in [0.3, 0.4) is 0 Å². The number of thiophene rings is 1. The van der Waals surface area contributed by atoms with Crippen LogP contribution in [0.4, 0.5) is 0 Å². The minimum atomic E-state index is 0.983. The number of benzene rings is 1. The molecule has 90 valence electrons. The molecule has 0 aliphatic carbocycles. The summed E-state index contributed by atoms with van der Waals surface area (Å²) in [5.74, 6) is 0. The first-order valence-corrected chi connectivity index (χ1v) is 7.02. The van der Waals surface area contributed by atoms with E-state index in [1.807, 2.05) is 24.4 Å². The molecule has 19 heavy (non-hydrogen) atoms. The Balaban J connectivity index is 2.00. The number of hydrogen-bond acceptors (Lipinski definition) is 3. The van der Waals surface area contributed by atoms with Gasteiger partial charge in [-0.3, -0.25) is 4.98 Å². The van der Waals surface area contributed by atoms with E-state index in [1.54, 1.807) is 11.3 Å². The van der Waals surface area contributed by atoms with Gasteiger partial charge in [0.05, 0.1) is 16.7 Å². The molecule has 0 aliphatic rings. The summed E-state index contributed by atoms with van der Waals surface area (Å²) >= 11 is 1.68. The summed E-state index contributed by atoms with van der Waals surface area (Å²) in [5, 5.41) is 6.40. The van der Waals surface area contributed by atoms with Gasteiger partial charge in [-0.25, -0.2) is 4.98 Å². The third-order valence-corrected chi connectivity index (χ3v) is 3.90. The second-order valence-electron chi connectivity index (χ2n) is 4.46. The third-order valence-electron chi connectivity index (χ3n) is 3.22. The van der Waals surface area contributed by atoms with Crippen molar-refractivity contribution in [1.29, 1.82) is 0 Å². The molecular weight excluding hydrogens is 252 g/mol. The summed E-state index contributed by atoms with van der Waals surface area (Å²) in [6.07, 6.45) is 1.90. The van der Waals surface area contributed by atoms with Crippen molar-refractivity contribution in [2.45, 2.75) is 0 Å². The van der Waals surface area contributed by atoms with Crippen molar-refractivity contribution in [3.8, 4) is 11.3 Å². The molecule has 1 aromatic carbocycles. The predicted molar refractivity (Wildman–Crippen MR) is 80.4 cm³/mol. The molecule has 3 heteroatoms. The highest BCUT2D eigenvalue weighted by Gasteiger charge is 2.04. The van der Waals surface area contributed by atoms with E-state index in [0.29, 0.717) is 0 Å². The third kappa shape index (κ3) is 1.79. The van der Waals surface area contributed by atoms with E-state index in [4.69, 9.17) is 4.98 Å². The standard InChI is InChI=1S/C16H10N2S/c1-2-4-14-11(3-1)7-13-9-17-15(8-16(13)18-14)12-5-6-19-10-12/h1-10H. The van der Waals surface area contributed by atoms with Crippen molar-refractivity contribution in [3.05, 3.63) is 59.4 Å². The Morgan fingerprint density at radius 1 is 0.895 bits per heavy atom. The molecule has 0 aliphatic heterocycles. The number of para-hydroxylation sites is 1. The van der Waals surface area contributed by atoms with Gasteiger partial charge in [0.2, 0.25) is 0 Å². The molecule has 0 N–H and O–H groups in total. The lowest BCUT2D eigenvalue weighted by atomic mass is 10.1. The van der Waals surface area contributed by atoms with Gasteiger partial charge in [0.15, 0.2) is 0 Å². The van der Waals surface area contributed by atoms with E-state index >= 15 is 0 Å². The molecule has 0 fully saturated rings. The molecule has 0 saturated heterocycles. The summed E-state index contributed by atoms with van der Waals surface area (Å²) in [4.78, 5) is 9.23. The number of pyridine rings is 2. The van der Waals surface area contributed by atoms with Gasteiger partial charge in [-0.2, -0.15) is 11.3 Å². The van der Waals surface area contributed by atoms with Crippen molar-refractivity contribution >= 4 is 33.1 Å². The highest BCUT2D eigenvalue weighted by atomic mass is 32.1. The molecule has 0 unspecified atom stereocenters. The van der Waals surface area contributed by atoms with Crippen molar-refractivity contribution in [2.24, 2.45) is 0 Å². The van der Waals surface area contributed by atoms with Crippen LogP contribution < -0.4 is 0 Å². The van der Waals surface area contributed by atoms with E-state index in [2.05, 4.69) is 40.0 Å². The summed E-state index contributed by atoms with van der Waals surface area (Å²) in [6, 6.07) is 14.4. The van der Waals surface area contributed by atoms with Gasteiger partial charge in [0.25, 0.3) is 0 Å². The SMILES string of the molecule is c1ccc2nc3cc(-c4ccsc4)ncc3cc2c1. The fraction of sp³-hybridized carbons (Fsp3) is 0. The van der Waals surface area contributed by atoms with Crippen molar-refractivity contribution in [1.82, 2.24) is 9.97 Å². The average molecular weight is 262 g/mol. The molecule has 0 amide bonds. The average Bonchev–Trinajstić information content (AvgIpc) is 2.98. The van der Waals surface area contributed by atoms with Crippen molar-refractivity contribution in [2.75, 3.05) is 0 Å². The zero-order chi connectivity index (χ0) is 12.7. The van der Waals surface area contributed by atoms with E-state index in [0.717, 1.165) is 33.1 Å². The lowest BCUT2D eigenvalue weighted by Crippen LogP contribution is -1.86. The predicted octanol–water partition coefficient (Wildman–Crippen LogP) is 4.51. The Hall–Kier alpha value is -2.26. The minimum absolute atomic E-state index is 0.983. The van der Waals surface area contributed by atoms with Crippen LogP contribution in [-0.2, 0) is 0 Å². The van der Waals surface area contributed by atoms with Crippen LogP contribution in [0.25, 0.3) is 33.1 Å². The fourth-order valence-corrected chi connectivity index (χ4v) is 2.89. The smallest absolute Gasteiger partial charge is 0.0746 e. The van der Waals surface area contributed by atoms with Crippen LogP contribution in [0, 0.1) is 0 Å². The molecule has 3 heterocycles. The van der Waals surface area contributed by atoms with E-state index < -0.39 is 0 Å². The highest BCUT2D eigenvalue weighted by Crippen LogP contribution is 2.25. The van der Waals surface area contributed by atoms with Crippen molar-refractivity contribution < 1.29 is 0 Å². The fourth-order valence-electron chi connectivity index (χ4n) is 2.24. The van der Waals surface area contributed by atoms with Gasteiger partial charge in [-0.05, 0) is 29.6 Å². The summed E-state index contributed by atoms with van der Waals surface area (Å²) in [5.41, 5.74) is 4.16. The Morgan fingerprint density at radius 2 is 1.84 bits per heavy atom. The topological polar surface area (TPSA) is 25.8 Å². The van der Waals surface area contributed by atoms with Crippen molar-refractivity contribution in [3.63, 3.8) is 0 Å². The second-order valence-corrected chi connectivity index (χ2v) is 5.24. The van der Waals surface area contributed by atoms with E-state index in [1.165, 1.54) is 0 Å². The van der Waals surface area contributed by atoms with Crippen LogP contribution in [0.2, 0.25) is 0 Å². The van der Waals surface area contributed by atoms with Crippen LogP contribution in [0.5, 0.6) is 0 Å². The number of rotatable bonds is 1. The molecule has 0 atom stereocenters. The number of aromatic nitrogens is 2. The Morgan fingerprint density at radius 3 is 2.74 bits per heavy atom. The quantitative estimate of drug-likeness (QED) is 0.472. The Kier molecular flexibility index (Phi) is 2.32. The second kappa shape index (κ2) is 4.14. The first-order valence-electron chi connectivity index (χ1n) is 6.08. The molecule has 0 radical (unpaired) electrons. The summed E-state index contributed by atoms with van der Waals surface area (Å²) in [7, 11) is 0. The monoisotopic (exact) mass is 262 g/mol. The molecule has 3 aromatic heterocycles. The largest absolute Gasteiger partial charge is 0.255 e. The summed E-state index contributed by atoms with van der Waals surface area (Å²) in [6.45, 7) is 0. The normalized spacial score (nSPS) is 11.2. The van der Waals surface area contributed by atoms with Crippen LogP contribution >= 0.6 is 11.3 Å². The molecule has 2 nitrogen and oxygen atoms in total. The van der Waals surface area contributed by atoms with Gasteiger partial charge in [0, 0.05) is 27.9 Å². The van der Waals surface area contributed by atoms with Gasteiger partial charge in [0.1, 0.15) is 0 Å². The van der Waals surface area contributed by atoms with Crippen LogP contribution in [0.15, 0.2) is 59.4 Å². The molecular formula is C16H10N2S. The van der Waals surface area contributed by atoms with Crippen LogP contribution in [-0.4, -0.2) is 9.97 Å². The number of nitrogens with zero attached hydrogens (tertiary/aromatic N) is 2. The Labute approximate surface area is 114 Å². The maximum absolute atomic E-state index is 4.71. The van der Waals surface area contributed by atoms with Gasteiger partial charge in [-0.1, -0.05) is 18.2 Å². The lowest BCUT2D eigenvalue weighted by Gasteiger charge is -2.03. The van der Waals surface area contributed by atoms with Gasteiger partial charge < -0.3 is 0 Å². The molecule has 0 bridgehead atoms. The number of fused-ring (bicyclic) bond motifs is 2. The van der Waals surface area contributed by atoms with Crippen LogP contribution in [0.1, 0.15) is 0 Å². The number of hydrogen-bond donors (Lipinski definition) is 0. The first-order chi connectivity index (χ1) is 9.40. The van der Waals surface area contributed by atoms with Gasteiger partial charge in [-0.15, -0.1) is 0 Å². The lowest BCUT2D eigenvalue weighted by molar-refractivity contribution is 1.35. The molecule has 4 aromatic rings. The molecule has 4 rings (SSSR count). The molecule has 0 saturated carbocycles. The molecule has 0 spiro atoms. The van der Waals surface area contributed by atoms with E-state index in [-0.39, 0.29) is 0 Å². The van der Waals surface area contributed by atoms with E-state index in [9.17, 15) is 0 Å². The minimum Gasteiger partial charge on any atom is -0.255 e. The van der Waals surface area contributed by atoms with Gasteiger partial charge >= 0.3 is 0 Å². The first kappa shape index (κ1) is 10.6. The summed E-state index contributed by atoms with van der Waals surface area (Å²) < 4.78 is 0. The zero-order valence-corrected chi connectivity index (χ0v) is 10.9.